The van der Waals surface area contributed by atoms with Gasteiger partial charge in [0.05, 0.1) is 41.7 Å². The van der Waals surface area contributed by atoms with Gasteiger partial charge in [0.2, 0.25) is 5.88 Å². The van der Waals surface area contributed by atoms with Gasteiger partial charge in [-0.1, -0.05) is 0 Å². The molecular weight excluding hydrogens is 432 g/mol. The monoisotopic (exact) mass is 450 g/mol. The van der Waals surface area contributed by atoms with E-state index in [-0.39, 0.29) is 0 Å². The Balaban J connectivity index is 1.73. The molecule has 0 bridgehead atoms. The van der Waals surface area contributed by atoms with E-state index in [2.05, 4.69) is 21.0 Å². The molecule has 7 nitrogen and oxygen atoms in total. The summed E-state index contributed by atoms with van der Waals surface area (Å²) in [6.07, 6.45) is 2.40. The van der Waals surface area contributed by atoms with Gasteiger partial charge in [-0.2, -0.15) is 0 Å². The summed E-state index contributed by atoms with van der Waals surface area (Å²) in [4.78, 5) is 18.3. The molecule has 1 N–H and O–H groups in total. The van der Waals surface area contributed by atoms with Gasteiger partial charge >= 0.3 is 0 Å². The number of aryl methyl sites for hydroxylation is 1. The molecule has 0 saturated carbocycles. The first-order chi connectivity index (χ1) is 15.1. The summed E-state index contributed by atoms with van der Waals surface area (Å²) < 4.78 is 11.6. The highest BCUT2D eigenvalue weighted by molar-refractivity contribution is 7.21. The number of aliphatic hydroxyl groups excluding tert-OH is 1. The third-order valence-electron chi connectivity index (χ3n) is 4.92. The number of hydrogen-bond acceptors (Lipinski definition) is 9. The van der Waals surface area contributed by atoms with Crippen LogP contribution in [0.3, 0.4) is 0 Å². The zero-order valence-corrected chi connectivity index (χ0v) is 18.6. The fourth-order valence-electron chi connectivity index (χ4n) is 3.48. The van der Waals surface area contributed by atoms with Gasteiger partial charge in [-0.05, 0) is 36.8 Å². The fourth-order valence-corrected chi connectivity index (χ4v) is 5.17. The predicted molar refractivity (Wildman–Crippen MR) is 122 cm³/mol. The Bertz CT molecular complexity index is 1400. The number of thiazole rings is 2. The van der Waals surface area contributed by atoms with E-state index in [1.54, 1.807) is 26.6 Å². The fraction of sp³-hybridized carbons (Fsp3) is 0.182. The number of benzene rings is 2. The van der Waals surface area contributed by atoms with Crippen LogP contribution in [-0.2, 0) is 0 Å². The number of ether oxygens (including phenoxy) is 2. The summed E-state index contributed by atoms with van der Waals surface area (Å²) in [7, 11) is 3.18. The molecule has 0 saturated heterocycles. The van der Waals surface area contributed by atoms with Crippen LogP contribution in [0, 0.1) is 6.92 Å². The number of aromatic nitrogens is 4. The Labute approximate surface area is 186 Å². The molecule has 31 heavy (non-hydrogen) atoms. The maximum atomic E-state index is 11.0. The molecular formula is C22H18N4O3S2. The number of methoxy groups -OCH3 is 2. The Morgan fingerprint density at radius 1 is 1.00 bits per heavy atom. The minimum absolute atomic E-state index is 0.465. The lowest BCUT2D eigenvalue weighted by Gasteiger charge is -2.10. The SMILES string of the molecule is COc1cc(C(O)c2nccs2)c2nc(-c3cc(C)cc4nc(OC)cnc34)sc2c1. The highest BCUT2D eigenvalue weighted by atomic mass is 32.1. The Hall–Kier alpha value is -3.14. The molecule has 0 aliphatic carbocycles. The molecule has 0 fully saturated rings. The van der Waals surface area contributed by atoms with Crippen molar-refractivity contribution in [3.63, 3.8) is 0 Å². The van der Waals surface area contributed by atoms with Crippen LogP contribution in [-0.4, -0.2) is 39.3 Å². The lowest BCUT2D eigenvalue weighted by molar-refractivity contribution is 0.220. The van der Waals surface area contributed by atoms with E-state index in [1.165, 1.54) is 22.7 Å². The van der Waals surface area contributed by atoms with E-state index in [9.17, 15) is 5.11 Å². The maximum absolute atomic E-state index is 11.0. The smallest absolute Gasteiger partial charge is 0.232 e. The first-order valence-corrected chi connectivity index (χ1v) is 11.1. The van der Waals surface area contributed by atoms with Crippen molar-refractivity contribution < 1.29 is 14.6 Å². The zero-order chi connectivity index (χ0) is 21.5. The first kappa shape index (κ1) is 19.8. The minimum Gasteiger partial charge on any atom is -0.497 e. The summed E-state index contributed by atoms with van der Waals surface area (Å²) in [5, 5.41) is 14.2. The lowest BCUT2D eigenvalue weighted by Crippen LogP contribution is -2.01. The molecule has 3 heterocycles. The van der Waals surface area contributed by atoms with Gasteiger partial charge < -0.3 is 14.6 Å². The van der Waals surface area contributed by atoms with Crippen LogP contribution < -0.4 is 9.47 Å². The average Bonchev–Trinajstić information content (AvgIpc) is 3.46. The van der Waals surface area contributed by atoms with E-state index in [0.717, 1.165) is 37.4 Å². The van der Waals surface area contributed by atoms with E-state index in [1.807, 2.05) is 30.5 Å². The molecule has 9 heteroatoms. The minimum atomic E-state index is -0.883. The van der Waals surface area contributed by atoms with Gasteiger partial charge in [0.1, 0.15) is 21.9 Å². The van der Waals surface area contributed by atoms with Crippen LogP contribution >= 0.6 is 22.7 Å². The first-order valence-electron chi connectivity index (χ1n) is 9.45. The van der Waals surface area contributed by atoms with Crippen molar-refractivity contribution in [3.05, 3.63) is 58.2 Å². The van der Waals surface area contributed by atoms with Gasteiger partial charge in [-0.25, -0.2) is 19.9 Å². The Morgan fingerprint density at radius 2 is 1.87 bits per heavy atom. The summed E-state index contributed by atoms with van der Waals surface area (Å²) in [5.41, 5.74) is 4.81. The van der Waals surface area contributed by atoms with Crippen LogP contribution in [0.4, 0.5) is 0 Å². The zero-order valence-electron chi connectivity index (χ0n) is 17.0. The molecule has 5 rings (SSSR count). The van der Waals surface area contributed by atoms with Crippen molar-refractivity contribution in [2.45, 2.75) is 13.0 Å². The van der Waals surface area contributed by atoms with Crippen LogP contribution in [0.2, 0.25) is 0 Å². The van der Waals surface area contributed by atoms with Crippen molar-refractivity contribution in [1.29, 1.82) is 0 Å². The molecule has 1 atom stereocenters. The summed E-state index contributed by atoms with van der Waals surface area (Å²) >= 11 is 2.93. The molecule has 0 radical (unpaired) electrons. The molecule has 0 amide bonds. The van der Waals surface area contributed by atoms with Crippen molar-refractivity contribution in [2.75, 3.05) is 14.2 Å². The summed E-state index contributed by atoms with van der Waals surface area (Å²) in [6, 6.07) is 7.77. The quantitative estimate of drug-likeness (QED) is 0.412. The van der Waals surface area contributed by atoms with E-state index in [0.29, 0.717) is 22.2 Å². The highest BCUT2D eigenvalue weighted by Crippen LogP contribution is 2.40. The molecule has 3 aromatic heterocycles. The number of rotatable bonds is 5. The second-order valence-corrected chi connectivity index (χ2v) is 8.90. The van der Waals surface area contributed by atoms with Crippen LogP contribution in [0.1, 0.15) is 22.2 Å². The number of fused-ring (bicyclic) bond motifs is 2. The van der Waals surface area contributed by atoms with Crippen LogP contribution in [0.25, 0.3) is 31.8 Å². The standard InChI is InChI=1S/C22H18N4O3S2/c1-11-6-14(18-15(7-11)25-17(29-3)10-24-18)21-26-19-13(20(27)22-23-4-5-30-22)8-12(28-2)9-16(19)31-21/h4-10,20,27H,1-3H3. The van der Waals surface area contributed by atoms with Gasteiger partial charge in [-0.3, -0.25) is 0 Å². The second kappa shape index (κ2) is 7.84. The molecule has 0 aliphatic rings. The third kappa shape index (κ3) is 3.50. The number of aliphatic hydroxyl groups is 1. The normalized spacial score (nSPS) is 12.4. The molecule has 2 aromatic carbocycles. The predicted octanol–water partition coefficient (Wildman–Crippen LogP) is 4.77. The van der Waals surface area contributed by atoms with Gasteiger partial charge in [0.15, 0.2) is 0 Å². The maximum Gasteiger partial charge on any atom is 0.232 e. The van der Waals surface area contributed by atoms with Crippen molar-refractivity contribution in [3.8, 4) is 22.2 Å². The average molecular weight is 451 g/mol. The number of hydrogen-bond donors (Lipinski definition) is 1. The lowest BCUT2D eigenvalue weighted by atomic mass is 10.1. The Morgan fingerprint density at radius 3 is 2.61 bits per heavy atom. The topological polar surface area (TPSA) is 90.2 Å². The highest BCUT2D eigenvalue weighted by Gasteiger charge is 2.22. The molecule has 0 aliphatic heterocycles. The van der Waals surface area contributed by atoms with Crippen LogP contribution in [0.5, 0.6) is 11.6 Å². The second-order valence-electron chi connectivity index (χ2n) is 6.95. The molecule has 5 aromatic rings. The largest absolute Gasteiger partial charge is 0.497 e. The van der Waals surface area contributed by atoms with Gasteiger partial charge in [-0.15, -0.1) is 22.7 Å². The molecule has 1 unspecified atom stereocenters. The number of nitrogens with zero attached hydrogens (tertiary/aromatic N) is 4. The third-order valence-corrected chi connectivity index (χ3v) is 6.79. The summed E-state index contributed by atoms with van der Waals surface area (Å²) in [5.74, 6) is 1.12. The molecule has 156 valence electrons. The summed E-state index contributed by atoms with van der Waals surface area (Å²) in [6.45, 7) is 2.01. The van der Waals surface area contributed by atoms with E-state index < -0.39 is 6.10 Å². The van der Waals surface area contributed by atoms with E-state index >= 15 is 0 Å². The van der Waals surface area contributed by atoms with Gasteiger partial charge in [0.25, 0.3) is 0 Å². The Kier molecular flexibility index (Phi) is 5.01. The van der Waals surface area contributed by atoms with Crippen LogP contribution in [0.15, 0.2) is 42.0 Å². The van der Waals surface area contributed by atoms with Crippen molar-refractivity contribution in [2.24, 2.45) is 0 Å². The van der Waals surface area contributed by atoms with E-state index in [4.69, 9.17) is 14.5 Å². The molecule has 0 spiro atoms. The van der Waals surface area contributed by atoms with Crippen molar-refractivity contribution >= 4 is 43.9 Å². The van der Waals surface area contributed by atoms with Crippen molar-refractivity contribution in [1.82, 2.24) is 19.9 Å². The van der Waals surface area contributed by atoms with Gasteiger partial charge in [0, 0.05) is 22.7 Å².